The van der Waals surface area contributed by atoms with Gasteiger partial charge in [-0.25, -0.2) is 0 Å². The average molecular weight is 355 g/mol. The quantitative estimate of drug-likeness (QED) is 0.522. The Balaban J connectivity index is 1.50. The van der Waals surface area contributed by atoms with Gasteiger partial charge >= 0.3 is 0 Å². The van der Waals surface area contributed by atoms with Crippen LogP contribution in [0.5, 0.6) is 23.0 Å². The maximum atomic E-state index is 5.87. The molecule has 1 atom stereocenters. The highest BCUT2D eigenvalue weighted by Crippen LogP contribution is 2.25. The molecule has 25 heavy (non-hydrogen) atoms. The second-order valence-electron chi connectivity index (χ2n) is 5.58. The molecule has 3 rings (SSSR count). The van der Waals surface area contributed by atoms with E-state index in [4.69, 9.17) is 25.8 Å². The molecule has 0 aliphatic rings. The highest BCUT2D eigenvalue weighted by Gasteiger charge is 2.06. The van der Waals surface area contributed by atoms with Crippen LogP contribution < -0.4 is 14.2 Å². The molecule has 3 nitrogen and oxygen atoms in total. The minimum absolute atomic E-state index is 0.0664. The van der Waals surface area contributed by atoms with E-state index in [0.29, 0.717) is 11.6 Å². The lowest BCUT2D eigenvalue weighted by Gasteiger charge is -2.16. The fraction of sp³-hybridized carbons (Fsp3) is 0.143. The van der Waals surface area contributed by atoms with Crippen molar-refractivity contribution in [3.8, 4) is 23.0 Å². The molecule has 128 valence electrons. The summed E-state index contributed by atoms with van der Waals surface area (Å²) in [6.07, 6.45) is -0.0664. The fourth-order valence-corrected chi connectivity index (χ4v) is 2.35. The minimum atomic E-state index is -0.0664. The van der Waals surface area contributed by atoms with Gasteiger partial charge in [0.15, 0.2) is 0 Å². The van der Waals surface area contributed by atoms with Crippen molar-refractivity contribution in [1.82, 2.24) is 0 Å². The molecule has 0 radical (unpaired) electrons. The van der Waals surface area contributed by atoms with E-state index in [9.17, 15) is 0 Å². The number of para-hydroxylation sites is 1. The van der Waals surface area contributed by atoms with Crippen molar-refractivity contribution in [1.29, 1.82) is 0 Å². The zero-order valence-electron chi connectivity index (χ0n) is 13.9. The number of ether oxygens (including phenoxy) is 3. The first-order chi connectivity index (χ1) is 12.2. The van der Waals surface area contributed by atoms with Crippen LogP contribution in [0.3, 0.4) is 0 Å². The fourth-order valence-electron chi connectivity index (χ4n) is 2.22. The van der Waals surface area contributed by atoms with Crippen molar-refractivity contribution in [2.75, 3.05) is 6.61 Å². The minimum Gasteiger partial charge on any atom is -0.490 e. The molecule has 3 aromatic rings. The molecule has 0 bridgehead atoms. The van der Waals surface area contributed by atoms with Crippen LogP contribution in [0.4, 0.5) is 0 Å². The van der Waals surface area contributed by atoms with Gasteiger partial charge < -0.3 is 14.2 Å². The molecule has 0 N–H and O–H groups in total. The van der Waals surface area contributed by atoms with Gasteiger partial charge in [-0.05, 0) is 67.6 Å². The molecule has 0 aliphatic heterocycles. The summed E-state index contributed by atoms with van der Waals surface area (Å²) in [6.45, 7) is 2.45. The third kappa shape index (κ3) is 5.44. The Labute approximate surface area is 152 Å². The maximum Gasteiger partial charge on any atom is 0.130 e. The lowest BCUT2D eigenvalue weighted by Crippen LogP contribution is -2.20. The summed E-state index contributed by atoms with van der Waals surface area (Å²) in [5.41, 5.74) is 0. The smallest absolute Gasteiger partial charge is 0.130 e. The molecule has 0 aliphatic carbocycles. The number of benzene rings is 3. The van der Waals surface area contributed by atoms with Gasteiger partial charge in [-0.3, -0.25) is 0 Å². The number of hydrogen-bond acceptors (Lipinski definition) is 3. The van der Waals surface area contributed by atoms with E-state index in [1.807, 2.05) is 73.7 Å². The summed E-state index contributed by atoms with van der Waals surface area (Å²) >= 11 is 5.87. The Bertz CT molecular complexity index is 771. The van der Waals surface area contributed by atoms with Gasteiger partial charge in [0.1, 0.15) is 35.7 Å². The Morgan fingerprint density at radius 1 is 0.720 bits per heavy atom. The summed E-state index contributed by atoms with van der Waals surface area (Å²) in [5, 5.41) is 0.683. The molecule has 0 fully saturated rings. The van der Waals surface area contributed by atoms with Crippen LogP contribution >= 0.6 is 11.6 Å². The topological polar surface area (TPSA) is 27.7 Å². The summed E-state index contributed by atoms with van der Waals surface area (Å²) in [6, 6.07) is 24.4. The summed E-state index contributed by atoms with van der Waals surface area (Å²) in [5.74, 6) is 3.09. The SMILES string of the molecule is CC(COc1ccccc1)Oc1ccc(Oc2ccc(Cl)cc2)cc1. The Morgan fingerprint density at radius 2 is 1.28 bits per heavy atom. The van der Waals surface area contributed by atoms with Crippen molar-refractivity contribution in [3.63, 3.8) is 0 Å². The predicted octanol–water partition coefficient (Wildman–Crippen LogP) is 5.98. The monoisotopic (exact) mass is 354 g/mol. The normalized spacial score (nSPS) is 11.6. The van der Waals surface area contributed by atoms with Gasteiger partial charge in [0.05, 0.1) is 0 Å². The Morgan fingerprint density at radius 3 is 1.92 bits per heavy atom. The van der Waals surface area contributed by atoms with Gasteiger partial charge in [-0.2, -0.15) is 0 Å². The van der Waals surface area contributed by atoms with Crippen molar-refractivity contribution < 1.29 is 14.2 Å². The molecule has 3 aromatic carbocycles. The molecule has 0 saturated carbocycles. The molecule has 0 spiro atoms. The largest absolute Gasteiger partial charge is 0.490 e. The van der Waals surface area contributed by atoms with Crippen LogP contribution in [0.15, 0.2) is 78.9 Å². The summed E-state index contributed by atoms with van der Waals surface area (Å²) < 4.78 is 17.3. The van der Waals surface area contributed by atoms with Crippen LogP contribution in [0.2, 0.25) is 5.02 Å². The molecular weight excluding hydrogens is 336 g/mol. The van der Waals surface area contributed by atoms with Crippen molar-refractivity contribution in [2.45, 2.75) is 13.0 Å². The summed E-state index contributed by atoms with van der Waals surface area (Å²) in [7, 11) is 0. The lowest BCUT2D eigenvalue weighted by molar-refractivity contribution is 0.143. The van der Waals surface area contributed by atoms with Gasteiger partial charge in [0.2, 0.25) is 0 Å². The number of hydrogen-bond donors (Lipinski definition) is 0. The van der Waals surface area contributed by atoms with Gasteiger partial charge in [-0.1, -0.05) is 29.8 Å². The summed E-state index contributed by atoms with van der Waals surface area (Å²) in [4.78, 5) is 0. The highest BCUT2D eigenvalue weighted by atomic mass is 35.5. The third-order valence-electron chi connectivity index (χ3n) is 3.44. The van der Waals surface area contributed by atoms with Crippen LogP contribution in [-0.4, -0.2) is 12.7 Å². The zero-order valence-corrected chi connectivity index (χ0v) is 14.6. The molecule has 4 heteroatoms. The van der Waals surface area contributed by atoms with E-state index in [1.54, 1.807) is 12.1 Å². The maximum absolute atomic E-state index is 5.87. The first kappa shape index (κ1) is 17.2. The van der Waals surface area contributed by atoms with Crippen LogP contribution in [0.1, 0.15) is 6.92 Å². The van der Waals surface area contributed by atoms with Crippen LogP contribution in [-0.2, 0) is 0 Å². The average Bonchev–Trinajstić information content (AvgIpc) is 2.64. The van der Waals surface area contributed by atoms with E-state index >= 15 is 0 Å². The van der Waals surface area contributed by atoms with Crippen LogP contribution in [0, 0.1) is 0 Å². The molecule has 0 heterocycles. The highest BCUT2D eigenvalue weighted by molar-refractivity contribution is 6.30. The number of halogens is 1. The molecule has 1 unspecified atom stereocenters. The first-order valence-electron chi connectivity index (χ1n) is 8.07. The van der Waals surface area contributed by atoms with Crippen molar-refractivity contribution in [3.05, 3.63) is 83.9 Å². The predicted molar refractivity (Wildman–Crippen MR) is 100.0 cm³/mol. The van der Waals surface area contributed by atoms with E-state index in [-0.39, 0.29) is 6.10 Å². The lowest BCUT2D eigenvalue weighted by atomic mass is 10.3. The standard InChI is InChI=1S/C21H19ClO3/c1-16(15-23-18-5-3-2-4-6-18)24-19-11-13-21(14-12-19)25-20-9-7-17(22)8-10-20/h2-14,16H,15H2,1H3. The van der Waals surface area contributed by atoms with Gasteiger partial charge in [-0.15, -0.1) is 0 Å². The second kappa shape index (κ2) is 8.45. The Hall–Kier alpha value is -2.65. The van der Waals surface area contributed by atoms with E-state index in [2.05, 4.69) is 0 Å². The number of rotatable bonds is 7. The van der Waals surface area contributed by atoms with E-state index in [0.717, 1.165) is 23.0 Å². The first-order valence-corrected chi connectivity index (χ1v) is 8.45. The zero-order chi connectivity index (χ0) is 17.5. The van der Waals surface area contributed by atoms with Crippen molar-refractivity contribution >= 4 is 11.6 Å². The molecular formula is C21H19ClO3. The van der Waals surface area contributed by atoms with E-state index < -0.39 is 0 Å². The van der Waals surface area contributed by atoms with Crippen molar-refractivity contribution in [2.24, 2.45) is 0 Å². The molecule has 0 saturated heterocycles. The Kier molecular flexibility index (Phi) is 5.81. The molecule has 0 amide bonds. The van der Waals surface area contributed by atoms with Gasteiger partial charge in [0, 0.05) is 5.02 Å². The van der Waals surface area contributed by atoms with Gasteiger partial charge in [0.25, 0.3) is 0 Å². The van der Waals surface area contributed by atoms with E-state index in [1.165, 1.54) is 0 Å². The molecule has 0 aromatic heterocycles. The second-order valence-corrected chi connectivity index (χ2v) is 6.02. The van der Waals surface area contributed by atoms with Crippen LogP contribution in [0.25, 0.3) is 0 Å². The third-order valence-corrected chi connectivity index (χ3v) is 3.69.